The number of rotatable bonds is 4. The summed E-state index contributed by atoms with van der Waals surface area (Å²) in [5.74, 6) is 0.536. The van der Waals surface area contributed by atoms with Crippen molar-refractivity contribution in [3.05, 3.63) is 46.4 Å². The maximum Gasteiger partial charge on any atom is 0.244 e. The summed E-state index contributed by atoms with van der Waals surface area (Å²) in [5.41, 5.74) is 0.604. The second-order valence-electron chi connectivity index (χ2n) is 7.39. The van der Waals surface area contributed by atoms with Crippen LogP contribution in [0.25, 0.3) is 0 Å². The number of aromatic nitrogens is 1. The Kier molecular flexibility index (Phi) is 3.57. The van der Waals surface area contributed by atoms with Crippen molar-refractivity contribution in [3.8, 4) is 0 Å². The van der Waals surface area contributed by atoms with Gasteiger partial charge in [-0.25, -0.2) is 13.4 Å². The predicted octanol–water partition coefficient (Wildman–Crippen LogP) is 2.66. The van der Waals surface area contributed by atoms with Crippen LogP contribution in [0.4, 0.5) is 0 Å². The van der Waals surface area contributed by atoms with E-state index in [1.807, 2.05) is 34.1 Å². The Labute approximate surface area is 152 Å². The van der Waals surface area contributed by atoms with E-state index in [4.69, 9.17) is 0 Å². The van der Waals surface area contributed by atoms with Crippen molar-refractivity contribution in [2.24, 2.45) is 5.92 Å². The minimum atomic E-state index is -3.39. The smallest absolute Gasteiger partial charge is 0.244 e. The largest absolute Gasteiger partial charge is 0.294 e. The lowest BCUT2D eigenvalue weighted by atomic mass is 9.88. The lowest BCUT2D eigenvalue weighted by molar-refractivity contribution is 0.185. The molecule has 1 unspecified atom stereocenters. The molecule has 1 aliphatic carbocycles. The van der Waals surface area contributed by atoms with Gasteiger partial charge in [-0.1, -0.05) is 18.2 Å². The Morgan fingerprint density at radius 2 is 2.12 bits per heavy atom. The maximum absolute atomic E-state index is 13.2. The van der Waals surface area contributed by atoms with Gasteiger partial charge in [0.2, 0.25) is 10.0 Å². The number of hydrogen-bond donors (Lipinski definition) is 0. The third-order valence-electron chi connectivity index (χ3n) is 5.72. The Hall–Kier alpha value is -1.28. The number of nitrogens with zero attached hydrogens (tertiary/aromatic N) is 3. The van der Waals surface area contributed by atoms with Crippen molar-refractivity contribution < 1.29 is 8.42 Å². The summed E-state index contributed by atoms with van der Waals surface area (Å²) in [7, 11) is -3.39. The van der Waals surface area contributed by atoms with Gasteiger partial charge < -0.3 is 0 Å². The fraction of sp³-hybridized carbons (Fsp3) is 0.500. The number of fused-ring (bicyclic) bond motifs is 2. The summed E-state index contributed by atoms with van der Waals surface area (Å²) < 4.78 is 28.3. The third kappa shape index (κ3) is 2.48. The van der Waals surface area contributed by atoms with E-state index in [2.05, 4.69) is 9.88 Å². The van der Waals surface area contributed by atoms with Crippen LogP contribution in [0.3, 0.4) is 0 Å². The first kappa shape index (κ1) is 15.9. The molecule has 3 aliphatic rings. The van der Waals surface area contributed by atoms with Gasteiger partial charge in [-0.05, 0) is 36.8 Å². The zero-order chi connectivity index (χ0) is 17.1. The van der Waals surface area contributed by atoms with Gasteiger partial charge in [-0.15, -0.1) is 11.3 Å². The molecule has 132 valence electrons. The summed E-state index contributed by atoms with van der Waals surface area (Å²) >= 11 is 1.66. The van der Waals surface area contributed by atoms with Crippen LogP contribution in [-0.2, 0) is 22.1 Å². The van der Waals surface area contributed by atoms with Gasteiger partial charge in [0.15, 0.2) is 0 Å². The third-order valence-corrected chi connectivity index (χ3v) is 8.48. The van der Waals surface area contributed by atoms with Crippen LogP contribution in [0, 0.1) is 5.92 Å². The molecular formula is C18H21N3O2S2. The molecule has 0 radical (unpaired) electrons. The van der Waals surface area contributed by atoms with E-state index in [9.17, 15) is 8.42 Å². The SMILES string of the molecule is O=S1(=O)c2ccccc2C2(CCN(Cc3nccs3)C2)N1CC1CC1. The minimum Gasteiger partial charge on any atom is -0.294 e. The molecule has 3 heterocycles. The molecule has 5 rings (SSSR count). The molecule has 5 nitrogen and oxygen atoms in total. The predicted molar refractivity (Wildman–Crippen MR) is 96.7 cm³/mol. The van der Waals surface area contributed by atoms with Crippen molar-refractivity contribution >= 4 is 21.4 Å². The number of likely N-dealkylation sites (tertiary alicyclic amines) is 1. The highest BCUT2D eigenvalue weighted by atomic mass is 32.2. The monoisotopic (exact) mass is 375 g/mol. The zero-order valence-corrected chi connectivity index (χ0v) is 15.6. The number of thiazole rings is 1. The summed E-state index contributed by atoms with van der Waals surface area (Å²) in [5, 5.41) is 3.09. The Bertz CT molecular complexity index is 893. The first-order valence-electron chi connectivity index (χ1n) is 8.83. The number of sulfonamides is 1. The van der Waals surface area contributed by atoms with Gasteiger partial charge in [0.1, 0.15) is 5.01 Å². The topological polar surface area (TPSA) is 53.5 Å². The first-order valence-corrected chi connectivity index (χ1v) is 11.1. The first-order chi connectivity index (χ1) is 12.1. The number of hydrogen-bond acceptors (Lipinski definition) is 5. The lowest BCUT2D eigenvalue weighted by Gasteiger charge is -2.34. The summed E-state index contributed by atoms with van der Waals surface area (Å²) in [4.78, 5) is 7.27. The molecule has 2 aliphatic heterocycles. The van der Waals surface area contributed by atoms with Gasteiger partial charge in [0.25, 0.3) is 0 Å². The van der Waals surface area contributed by atoms with Crippen LogP contribution in [0.2, 0.25) is 0 Å². The van der Waals surface area contributed by atoms with E-state index in [-0.39, 0.29) is 0 Å². The summed E-state index contributed by atoms with van der Waals surface area (Å²) in [6, 6.07) is 7.61. The minimum absolute atomic E-state index is 0.394. The van der Waals surface area contributed by atoms with Gasteiger partial charge in [0.05, 0.1) is 17.0 Å². The van der Waals surface area contributed by atoms with Gasteiger partial charge in [-0.2, -0.15) is 4.31 Å². The van der Waals surface area contributed by atoms with Crippen molar-refractivity contribution in [3.63, 3.8) is 0 Å². The molecule has 1 saturated heterocycles. The second-order valence-corrected chi connectivity index (χ2v) is 10.2. The fourth-order valence-corrected chi connectivity index (χ4v) is 7.11. The van der Waals surface area contributed by atoms with Crippen LogP contribution in [0.15, 0.2) is 40.7 Å². The average molecular weight is 376 g/mol. The number of benzene rings is 1. The van der Waals surface area contributed by atoms with E-state index in [1.54, 1.807) is 17.4 Å². The Balaban J connectivity index is 1.53. The highest BCUT2D eigenvalue weighted by Gasteiger charge is 2.57. The zero-order valence-electron chi connectivity index (χ0n) is 14.0. The summed E-state index contributed by atoms with van der Waals surface area (Å²) in [6.45, 7) is 3.14. The second kappa shape index (κ2) is 5.61. The molecule has 1 saturated carbocycles. The molecule has 25 heavy (non-hydrogen) atoms. The van der Waals surface area contributed by atoms with Crippen molar-refractivity contribution in [2.75, 3.05) is 19.6 Å². The normalized spacial score (nSPS) is 28.6. The molecule has 2 aromatic rings. The van der Waals surface area contributed by atoms with E-state index in [1.165, 1.54) is 0 Å². The molecule has 0 amide bonds. The highest BCUT2D eigenvalue weighted by Crippen LogP contribution is 2.51. The van der Waals surface area contributed by atoms with Gasteiger partial charge in [0, 0.05) is 31.2 Å². The van der Waals surface area contributed by atoms with Crippen molar-refractivity contribution in [1.82, 2.24) is 14.2 Å². The van der Waals surface area contributed by atoms with Crippen LogP contribution >= 0.6 is 11.3 Å². The average Bonchev–Trinajstić information content (AvgIpc) is 3.05. The van der Waals surface area contributed by atoms with E-state index in [0.717, 1.165) is 49.5 Å². The van der Waals surface area contributed by atoms with Crippen LogP contribution in [0.5, 0.6) is 0 Å². The van der Waals surface area contributed by atoms with Crippen LogP contribution in [-0.4, -0.2) is 42.2 Å². The van der Waals surface area contributed by atoms with Crippen LogP contribution < -0.4 is 0 Å². The summed E-state index contributed by atoms with van der Waals surface area (Å²) in [6.07, 6.45) is 5.00. The molecule has 7 heteroatoms. The lowest BCUT2D eigenvalue weighted by Crippen LogP contribution is -2.46. The van der Waals surface area contributed by atoms with Gasteiger partial charge >= 0.3 is 0 Å². The van der Waals surface area contributed by atoms with Crippen molar-refractivity contribution in [1.29, 1.82) is 0 Å². The van der Waals surface area contributed by atoms with E-state index in [0.29, 0.717) is 17.4 Å². The molecule has 1 aromatic carbocycles. The standard InChI is InChI=1S/C18H21N3O2S2/c22-25(23)16-4-2-1-3-15(16)18(21(25)11-14-5-6-14)7-9-20(13-18)12-17-19-8-10-24-17/h1-4,8,10,14H,5-7,9,11-13H2. The van der Waals surface area contributed by atoms with Crippen LogP contribution in [0.1, 0.15) is 29.8 Å². The molecule has 1 atom stereocenters. The molecule has 0 N–H and O–H groups in total. The fourth-order valence-electron chi connectivity index (χ4n) is 4.32. The van der Waals surface area contributed by atoms with E-state index >= 15 is 0 Å². The van der Waals surface area contributed by atoms with Gasteiger partial charge in [-0.3, -0.25) is 4.90 Å². The quantitative estimate of drug-likeness (QED) is 0.824. The molecule has 2 fully saturated rings. The maximum atomic E-state index is 13.2. The Morgan fingerprint density at radius 3 is 2.88 bits per heavy atom. The highest BCUT2D eigenvalue weighted by molar-refractivity contribution is 7.89. The molecule has 1 aromatic heterocycles. The van der Waals surface area contributed by atoms with Crippen molar-refractivity contribution in [2.45, 2.75) is 36.2 Å². The molecule has 1 spiro atoms. The molecule has 0 bridgehead atoms. The Morgan fingerprint density at radius 1 is 1.28 bits per heavy atom. The molecular weight excluding hydrogens is 354 g/mol. The van der Waals surface area contributed by atoms with E-state index < -0.39 is 15.6 Å².